The molecule has 23 heavy (non-hydrogen) atoms. The van der Waals surface area contributed by atoms with Crippen LogP contribution in [0.3, 0.4) is 0 Å². The summed E-state index contributed by atoms with van der Waals surface area (Å²) >= 11 is 0. The number of ether oxygens (including phenoxy) is 1. The summed E-state index contributed by atoms with van der Waals surface area (Å²) in [7, 11) is 0. The van der Waals surface area contributed by atoms with Crippen LogP contribution in [-0.4, -0.2) is 40.7 Å². The molecule has 6 heteroatoms. The zero-order valence-corrected chi connectivity index (χ0v) is 12.9. The highest BCUT2D eigenvalue weighted by Crippen LogP contribution is 2.26. The van der Waals surface area contributed by atoms with Crippen LogP contribution in [0.25, 0.3) is 16.9 Å². The maximum atomic E-state index is 5.76. The minimum Gasteiger partial charge on any atom is -0.378 e. The normalized spacial score (nSPS) is 15.3. The van der Waals surface area contributed by atoms with E-state index < -0.39 is 0 Å². The van der Waals surface area contributed by atoms with Crippen LogP contribution in [0.2, 0.25) is 0 Å². The van der Waals surface area contributed by atoms with Crippen molar-refractivity contribution in [2.45, 2.75) is 6.54 Å². The molecular weight excluding hydrogens is 290 g/mol. The fraction of sp³-hybridized carbons (Fsp3) is 0.294. The highest BCUT2D eigenvalue weighted by molar-refractivity contribution is 5.71. The second kappa shape index (κ2) is 5.98. The minimum atomic E-state index is 0.528. The fourth-order valence-electron chi connectivity index (χ4n) is 2.97. The van der Waals surface area contributed by atoms with Gasteiger partial charge in [0.05, 0.1) is 25.1 Å². The van der Waals surface area contributed by atoms with E-state index in [-0.39, 0.29) is 0 Å². The first kappa shape index (κ1) is 14.2. The molecule has 0 atom stereocenters. The van der Waals surface area contributed by atoms with Gasteiger partial charge in [0.2, 0.25) is 0 Å². The van der Waals surface area contributed by atoms with Crippen molar-refractivity contribution in [2.75, 3.05) is 31.2 Å². The fourth-order valence-corrected chi connectivity index (χ4v) is 2.97. The van der Waals surface area contributed by atoms with Gasteiger partial charge in [0.15, 0.2) is 11.5 Å². The first-order chi connectivity index (χ1) is 11.4. The molecule has 2 aromatic heterocycles. The largest absolute Gasteiger partial charge is 0.378 e. The van der Waals surface area contributed by atoms with Crippen molar-refractivity contribution in [1.29, 1.82) is 0 Å². The number of nitrogens with zero attached hydrogens (tertiary/aromatic N) is 4. The molecule has 1 aliphatic rings. The highest BCUT2D eigenvalue weighted by Gasteiger charge is 2.18. The highest BCUT2D eigenvalue weighted by atomic mass is 16.5. The molecule has 0 amide bonds. The van der Waals surface area contributed by atoms with Gasteiger partial charge in [-0.25, -0.2) is 9.97 Å². The van der Waals surface area contributed by atoms with Crippen LogP contribution in [0, 0.1) is 0 Å². The molecule has 0 radical (unpaired) electrons. The third-order valence-electron chi connectivity index (χ3n) is 4.18. The monoisotopic (exact) mass is 309 g/mol. The van der Waals surface area contributed by atoms with E-state index in [2.05, 4.69) is 26.4 Å². The van der Waals surface area contributed by atoms with Gasteiger partial charge in [0, 0.05) is 37.6 Å². The van der Waals surface area contributed by atoms with Gasteiger partial charge < -0.3 is 15.4 Å². The molecule has 0 spiro atoms. The van der Waals surface area contributed by atoms with E-state index in [0.717, 1.165) is 54.6 Å². The smallest absolute Gasteiger partial charge is 0.180 e. The van der Waals surface area contributed by atoms with Crippen LogP contribution in [0.15, 0.2) is 42.9 Å². The average Bonchev–Trinajstić information content (AvgIpc) is 3.11. The summed E-state index contributed by atoms with van der Waals surface area (Å²) in [6.45, 7) is 3.68. The van der Waals surface area contributed by atoms with Gasteiger partial charge in [0.25, 0.3) is 0 Å². The number of benzene rings is 1. The van der Waals surface area contributed by atoms with Crippen molar-refractivity contribution in [3.05, 3.63) is 48.4 Å². The molecule has 2 N–H and O–H groups in total. The number of rotatable bonds is 3. The van der Waals surface area contributed by atoms with Crippen LogP contribution in [0.4, 0.5) is 5.82 Å². The average molecular weight is 309 g/mol. The van der Waals surface area contributed by atoms with E-state index in [0.29, 0.717) is 6.54 Å². The van der Waals surface area contributed by atoms with Crippen molar-refractivity contribution in [3.8, 4) is 11.3 Å². The molecule has 3 aromatic rings. The molecule has 0 saturated carbocycles. The van der Waals surface area contributed by atoms with Crippen LogP contribution in [-0.2, 0) is 11.3 Å². The molecule has 6 nitrogen and oxygen atoms in total. The molecule has 4 rings (SSSR count). The first-order valence-electron chi connectivity index (χ1n) is 7.81. The van der Waals surface area contributed by atoms with E-state index in [1.807, 2.05) is 30.7 Å². The zero-order valence-electron chi connectivity index (χ0n) is 12.9. The molecule has 1 aromatic carbocycles. The number of morpholine rings is 1. The summed E-state index contributed by atoms with van der Waals surface area (Å²) in [5.74, 6) is 0.914. The number of imidazole rings is 1. The second-order valence-corrected chi connectivity index (χ2v) is 5.59. The molecule has 0 aliphatic carbocycles. The van der Waals surface area contributed by atoms with Crippen molar-refractivity contribution in [3.63, 3.8) is 0 Å². The van der Waals surface area contributed by atoms with Gasteiger partial charge in [0.1, 0.15) is 0 Å². The number of hydrogen-bond donors (Lipinski definition) is 1. The van der Waals surface area contributed by atoms with Gasteiger partial charge >= 0.3 is 0 Å². The molecule has 1 saturated heterocycles. The lowest BCUT2D eigenvalue weighted by molar-refractivity contribution is 0.122. The Bertz CT molecular complexity index is 823. The van der Waals surface area contributed by atoms with E-state index in [4.69, 9.17) is 15.5 Å². The molecule has 118 valence electrons. The van der Waals surface area contributed by atoms with Gasteiger partial charge in [-0.2, -0.15) is 0 Å². The Morgan fingerprint density at radius 1 is 1.17 bits per heavy atom. The number of aromatic nitrogens is 3. The Kier molecular flexibility index (Phi) is 3.69. The van der Waals surface area contributed by atoms with E-state index in [1.54, 1.807) is 0 Å². The lowest BCUT2D eigenvalue weighted by Gasteiger charge is -2.28. The number of hydrogen-bond acceptors (Lipinski definition) is 5. The van der Waals surface area contributed by atoms with Crippen molar-refractivity contribution in [1.82, 2.24) is 14.4 Å². The van der Waals surface area contributed by atoms with Crippen LogP contribution >= 0.6 is 0 Å². The predicted molar refractivity (Wildman–Crippen MR) is 89.3 cm³/mol. The quantitative estimate of drug-likeness (QED) is 0.797. The van der Waals surface area contributed by atoms with E-state index >= 15 is 0 Å². The standard InChI is InChI=1S/C17H19N5O/c18-11-13-2-1-3-14(10-13)15-12-20-16(17-19-4-5-22(15)17)21-6-8-23-9-7-21/h1-5,10,12H,6-9,11,18H2. The Balaban J connectivity index is 1.81. The van der Waals surface area contributed by atoms with E-state index in [1.165, 1.54) is 0 Å². The zero-order chi connectivity index (χ0) is 15.6. The summed E-state index contributed by atoms with van der Waals surface area (Å²) in [4.78, 5) is 11.4. The molecule has 1 fully saturated rings. The van der Waals surface area contributed by atoms with Crippen molar-refractivity contribution < 1.29 is 4.74 Å². The summed E-state index contributed by atoms with van der Waals surface area (Å²) < 4.78 is 7.52. The van der Waals surface area contributed by atoms with Crippen molar-refractivity contribution in [2.24, 2.45) is 5.73 Å². The maximum Gasteiger partial charge on any atom is 0.180 e. The third-order valence-corrected chi connectivity index (χ3v) is 4.18. The molecule has 0 bridgehead atoms. The van der Waals surface area contributed by atoms with Gasteiger partial charge in [-0.05, 0) is 11.6 Å². The Labute approximate surface area is 134 Å². The molecule has 0 unspecified atom stereocenters. The minimum absolute atomic E-state index is 0.528. The Morgan fingerprint density at radius 2 is 2.04 bits per heavy atom. The summed E-state index contributed by atoms with van der Waals surface area (Å²) in [6.07, 6.45) is 5.71. The van der Waals surface area contributed by atoms with Gasteiger partial charge in [-0.15, -0.1) is 0 Å². The topological polar surface area (TPSA) is 68.7 Å². The Hall–Kier alpha value is -2.44. The Morgan fingerprint density at radius 3 is 2.87 bits per heavy atom. The SMILES string of the molecule is NCc1cccc(-c2cnc(N3CCOCC3)c3nccn23)c1. The lowest BCUT2D eigenvalue weighted by Crippen LogP contribution is -2.37. The summed E-state index contributed by atoms with van der Waals surface area (Å²) in [5.41, 5.74) is 9.85. The number of fused-ring (bicyclic) bond motifs is 1. The lowest BCUT2D eigenvalue weighted by atomic mass is 10.1. The van der Waals surface area contributed by atoms with Gasteiger partial charge in [-0.1, -0.05) is 18.2 Å². The number of anilines is 1. The summed E-state index contributed by atoms with van der Waals surface area (Å²) in [6, 6.07) is 8.23. The maximum absolute atomic E-state index is 5.76. The number of nitrogens with two attached hydrogens (primary N) is 1. The van der Waals surface area contributed by atoms with E-state index in [9.17, 15) is 0 Å². The second-order valence-electron chi connectivity index (χ2n) is 5.59. The first-order valence-corrected chi connectivity index (χ1v) is 7.81. The van der Waals surface area contributed by atoms with Crippen LogP contribution in [0.5, 0.6) is 0 Å². The van der Waals surface area contributed by atoms with Gasteiger partial charge in [-0.3, -0.25) is 4.40 Å². The summed E-state index contributed by atoms with van der Waals surface area (Å²) in [5, 5.41) is 0. The molecule has 3 heterocycles. The predicted octanol–water partition coefficient (Wildman–Crippen LogP) is 1.69. The van der Waals surface area contributed by atoms with Crippen LogP contribution in [0.1, 0.15) is 5.56 Å². The molecular formula is C17H19N5O. The third kappa shape index (κ3) is 2.56. The van der Waals surface area contributed by atoms with Crippen LogP contribution < -0.4 is 10.6 Å². The molecule has 1 aliphatic heterocycles. The van der Waals surface area contributed by atoms with Crippen molar-refractivity contribution >= 4 is 11.5 Å².